The van der Waals surface area contributed by atoms with Crippen LogP contribution in [0.25, 0.3) is 36.6 Å². The van der Waals surface area contributed by atoms with Crippen molar-refractivity contribution in [2.24, 2.45) is 0 Å². The third-order valence-corrected chi connectivity index (χ3v) is 7.70. The van der Waals surface area contributed by atoms with E-state index in [-0.39, 0.29) is 5.82 Å². The van der Waals surface area contributed by atoms with E-state index in [1.165, 1.54) is 19.2 Å². The molecule has 0 aliphatic heterocycles. The number of carbonyl (C=O) groups is 1. The Morgan fingerprint density at radius 2 is 1.67 bits per heavy atom. The summed E-state index contributed by atoms with van der Waals surface area (Å²) in [5.74, 6) is -0.369. The summed E-state index contributed by atoms with van der Waals surface area (Å²) < 4.78 is 20.4. The summed E-state index contributed by atoms with van der Waals surface area (Å²) >= 11 is 5.69. The minimum Gasteiger partial charge on any atom is -0.307 e. The molecule has 0 unspecified atom stereocenters. The predicted molar refractivity (Wildman–Crippen MR) is 120 cm³/mol. The molecule has 132 valence electrons. The molecule has 0 radical (unpaired) electrons. The van der Waals surface area contributed by atoms with Crippen LogP contribution in [0.15, 0.2) is 60.7 Å². The van der Waals surface area contributed by atoms with Crippen LogP contribution >= 0.6 is 45.3 Å². The Balaban J connectivity index is 1.80. The lowest BCUT2D eigenvalue weighted by molar-refractivity contribution is 0.112. The van der Waals surface area contributed by atoms with Gasteiger partial charge < -0.3 is 4.57 Å². The Labute approximate surface area is 176 Å². The Hall–Kier alpha value is -2.03. The highest BCUT2D eigenvalue weighted by Gasteiger charge is 2.19. The molecule has 5 rings (SSSR count). The number of carbonyl (C=O) groups excluding carboxylic acids is 1. The van der Waals surface area contributed by atoms with Crippen LogP contribution in [-0.2, 0) is 0 Å². The van der Waals surface area contributed by atoms with Crippen LogP contribution < -0.4 is 0 Å². The maximum atomic E-state index is 14.5. The number of nitrogens with zero attached hydrogens (tertiary/aromatic N) is 1. The van der Waals surface area contributed by atoms with Gasteiger partial charge in [-0.3, -0.25) is 4.79 Å². The van der Waals surface area contributed by atoms with Gasteiger partial charge in [-0.25, -0.2) is 4.39 Å². The smallest absolute Gasteiger partial charge is 0.150 e. The Morgan fingerprint density at radius 3 is 2.41 bits per heavy atom. The fourth-order valence-electron chi connectivity index (χ4n) is 3.31. The van der Waals surface area contributed by atoms with Crippen LogP contribution in [0, 0.1) is 8.70 Å². The zero-order valence-corrected chi connectivity index (χ0v) is 17.6. The number of aldehydes is 1. The van der Waals surface area contributed by atoms with E-state index in [1.54, 1.807) is 34.8 Å². The summed E-state index contributed by atoms with van der Waals surface area (Å²) in [6, 6.07) is 19.1. The van der Waals surface area contributed by atoms with Gasteiger partial charge in [0.2, 0.25) is 0 Å². The second-order valence-corrected chi connectivity index (χ2v) is 10.1. The van der Waals surface area contributed by atoms with Crippen LogP contribution in [0.3, 0.4) is 0 Å². The highest BCUT2D eigenvalue weighted by atomic mass is 127. The topological polar surface area (TPSA) is 22.0 Å². The van der Waals surface area contributed by atoms with E-state index >= 15 is 0 Å². The Bertz CT molecular complexity index is 1320. The van der Waals surface area contributed by atoms with E-state index in [4.69, 9.17) is 0 Å². The van der Waals surface area contributed by atoms with Crippen molar-refractivity contribution in [2.45, 2.75) is 0 Å². The Morgan fingerprint density at radius 1 is 0.926 bits per heavy atom. The molecule has 0 spiro atoms. The van der Waals surface area contributed by atoms with Gasteiger partial charge in [0.25, 0.3) is 0 Å². The van der Waals surface area contributed by atoms with Crippen molar-refractivity contribution in [3.8, 4) is 16.1 Å². The number of benzene rings is 2. The van der Waals surface area contributed by atoms with Gasteiger partial charge in [-0.2, -0.15) is 0 Å². The fourth-order valence-corrected chi connectivity index (χ4v) is 6.45. The quantitative estimate of drug-likeness (QED) is 0.190. The molecule has 0 fully saturated rings. The van der Waals surface area contributed by atoms with Crippen molar-refractivity contribution < 1.29 is 9.18 Å². The van der Waals surface area contributed by atoms with Crippen molar-refractivity contribution in [3.05, 3.63) is 74.9 Å². The largest absolute Gasteiger partial charge is 0.307 e. The van der Waals surface area contributed by atoms with Crippen LogP contribution in [0.1, 0.15) is 10.4 Å². The number of rotatable bonds is 3. The lowest BCUT2D eigenvalue weighted by Crippen LogP contribution is -1.91. The molecule has 0 saturated carbocycles. The van der Waals surface area contributed by atoms with Crippen molar-refractivity contribution in [1.82, 2.24) is 4.57 Å². The maximum Gasteiger partial charge on any atom is 0.150 e. The number of fused-ring (bicyclic) bond motifs is 3. The standard InChI is InChI=1S/C21H11FINOS2/c22-15-8-12(11-25)6-7-14(15)18-9-16-20(26-18)21-17(10-19(23)27-21)24(16)13-4-2-1-3-5-13/h1-11H. The summed E-state index contributed by atoms with van der Waals surface area (Å²) in [6.45, 7) is 0. The molecule has 0 bridgehead atoms. The van der Waals surface area contributed by atoms with Crippen LogP contribution in [0.5, 0.6) is 0 Å². The van der Waals surface area contributed by atoms with Crippen LogP contribution in [0.2, 0.25) is 0 Å². The first-order valence-corrected chi connectivity index (χ1v) is 10.9. The number of para-hydroxylation sites is 1. The van der Waals surface area contributed by atoms with Gasteiger partial charge in [-0.05, 0) is 59.0 Å². The van der Waals surface area contributed by atoms with Crippen molar-refractivity contribution >= 4 is 72.0 Å². The monoisotopic (exact) mass is 503 g/mol. The summed E-state index contributed by atoms with van der Waals surface area (Å²) in [5, 5.41) is 0. The van der Waals surface area contributed by atoms with Crippen LogP contribution in [-0.4, -0.2) is 10.9 Å². The SMILES string of the molecule is O=Cc1ccc(-c2cc3c(s2)c2sc(I)cc2n3-c2ccccc2)c(F)c1. The second-order valence-electron chi connectivity index (χ2n) is 6.12. The number of hydrogen-bond acceptors (Lipinski definition) is 3. The van der Waals surface area contributed by atoms with Gasteiger partial charge in [-0.1, -0.05) is 24.3 Å². The highest BCUT2D eigenvalue weighted by molar-refractivity contribution is 14.1. The predicted octanol–water partition coefficient (Wildman–Crippen LogP) is 7.13. The molecule has 6 heteroatoms. The van der Waals surface area contributed by atoms with Crippen LogP contribution in [0.4, 0.5) is 4.39 Å². The van der Waals surface area contributed by atoms with Gasteiger partial charge >= 0.3 is 0 Å². The molecule has 2 nitrogen and oxygen atoms in total. The number of hydrogen-bond donors (Lipinski definition) is 0. The molecule has 0 N–H and O–H groups in total. The maximum absolute atomic E-state index is 14.5. The fraction of sp³-hybridized carbons (Fsp3) is 0. The average molecular weight is 503 g/mol. The molecule has 2 aromatic carbocycles. The van der Waals surface area contributed by atoms with Crippen molar-refractivity contribution in [1.29, 1.82) is 0 Å². The third kappa shape index (κ3) is 2.74. The zero-order chi connectivity index (χ0) is 18.5. The van der Waals surface area contributed by atoms with E-state index in [0.29, 0.717) is 17.4 Å². The molecule has 0 aliphatic carbocycles. The van der Waals surface area contributed by atoms with Gasteiger partial charge in [0, 0.05) is 21.7 Å². The average Bonchev–Trinajstić information content (AvgIpc) is 3.32. The second kappa shape index (κ2) is 6.54. The van der Waals surface area contributed by atoms with E-state index < -0.39 is 0 Å². The zero-order valence-electron chi connectivity index (χ0n) is 13.8. The van der Waals surface area contributed by atoms with E-state index in [1.807, 2.05) is 24.3 Å². The van der Waals surface area contributed by atoms with Gasteiger partial charge in [-0.15, -0.1) is 22.7 Å². The molecule has 3 heterocycles. The van der Waals surface area contributed by atoms with E-state index in [0.717, 1.165) is 20.8 Å². The Kier molecular flexibility index (Phi) is 4.14. The number of thiophene rings is 2. The molecule has 0 atom stereocenters. The first-order valence-electron chi connectivity index (χ1n) is 8.19. The van der Waals surface area contributed by atoms with Gasteiger partial charge in [0.15, 0.2) is 0 Å². The molecular weight excluding hydrogens is 492 g/mol. The first kappa shape index (κ1) is 17.1. The molecule has 3 aromatic heterocycles. The normalized spacial score (nSPS) is 11.5. The molecule has 0 aliphatic rings. The van der Waals surface area contributed by atoms with Gasteiger partial charge in [0.05, 0.1) is 23.3 Å². The summed E-state index contributed by atoms with van der Waals surface area (Å²) in [6.07, 6.45) is 0.665. The highest BCUT2D eigenvalue weighted by Crippen LogP contribution is 2.45. The van der Waals surface area contributed by atoms with E-state index in [2.05, 4.69) is 45.4 Å². The lowest BCUT2D eigenvalue weighted by atomic mass is 10.1. The number of aromatic nitrogens is 1. The minimum atomic E-state index is -0.369. The first-order chi connectivity index (χ1) is 13.2. The van der Waals surface area contributed by atoms with E-state index in [9.17, 15) is 9.18 Å². The summed E-state index contributed by atoms with van der Waals surface area (Å²) in [7, 11) is 0. The van der Waals surface area contributed by atoms with Gasteiger partial charge in [0.1, 0.15) is 12.1 Å². The molecule has 0 saturated heterocycles. The molecular formula is C21H11FINOS2. The van der Waals surface area contributed by atoms with Crippen molar-refractivity contribution in [2.75, 3.05) is 0 Å². The molecule has 27 heavy (non-hydrogen) atoms. The minimum absolute atomic E-state index is 0.348. The van der Waals surface area contributed by atoms with Crippen molar-refractivity contribution in [3.63, 3.8) is 0 Å². The molecule has 5 aromatic rings. The summed E-state index contributed by atoms with van der Waals surface area (Å²) in [5.41, 5.74) is 4.23. The molecule has 0 amide bonds. The third-order valence-electron chi connectivity index (χ3n) is 4.49. The summed E-state index contributed by atoms with van der Waals surface area (Å²) in [4.78, 5) is 11.8. The number of halogens is 2. The lowest BCUT2D eigenvalue weighted by Gasteiger charge is -2.05.